The van der Waals surface area contributed by atoms with Crippen molar-refractivity contribution in [2.75, 3.05) is 6.61 Å². The van der Waals surface area contributed by atoms with Crippen molar-refractivity contribution in [2.45, 2.75) is 32.8 Å². The Hall–Kier alpha value is -1.16. The predicted molar refractivity (Wildman–Crippen MR) is 53.1 cm³/mol. The fraction of sp³-hybridized carbons (Fsp3) is 0.600. The minimum absolute atomic E-state index is 0.404. The van der Waals surface area contributed by atoms with Crippen LogP contribution >= 0.6 is 0 Å². The van der Waals surface area contributed by atoms with Gasteiger partial charge >= 0.3 is 0 Å². The molecule has 4 heteroatoms. The number of aromatic nitrogens is 2. The molecule has 0 bridgehead atoms. The maximum Gasteiger partial charge on any atom is 0.159 e. The Labute approximate surface area is 84.0 Å². The average Bonchev–Trinajstić information content (AvgIpc) is 2.14. The Balaban J connectivity index is 2.69. The van der Waals surface area contributed by atoms with E-state index in [-0.39, 0.29) is 0 Å². The highest BCUT2D eigenvalue weighted by Crippen LogP contribution is 2.16. The first-order chi connectivity index (χ1) is 6.54. The third-order valence-electron chi connectivity index (χ3n) is 1.65. The lowest BCUT2D eigenvalue weighted by Gasteiger charge is -2.14. The molecule has 0 aliphatic rings. The summed E-state index contributed by atoms with van der Waals surface area (Å²) in [6.07, 6.45) is 4.11. The Morgan fingerprint density at radius 3 is 2.36 bits per heavy atom. The summed E-state index contributed by atoms with van der Waals surface area (Å²) >= 11 is 0. The average molecular weight is 196 g/mol. The van der Waals surface area contributed by atoms with Crippen molar-refractivity contribution < 1.29 is 9.84 Å². The first kappa shape index (κ1) is 10.9. The van der Waals surface area contributed by atoms with E-state index in [9.17, 15) is 5.11 Å². The van der Waals surface area contributed by atoms with Crippen molar-refractivity contribution in [1.82, 2.24) is 9.97 Å². The molecule has 1 rings (SSSR count). The third-order valence-corrected chi connectivity index (χ3v) is 1.65. The predicted octanol–water partition coefficient (Wildman–Crippen LogP) is 1.49. The van der Waals surface area contributed by atoms with Gasteiger partial charge in [-0.05, 0) is 20.3 Å². The molecule has 0 spiro atoms. The summed E-state index contributed by atoms with van der Waals surface area (Å²) in [6, 6.07) is 0. The normalized spacial score (nSPS) is 11.4. The highest BCUT2D eigenvalue weighted by Gasteiger charge is 2.18. The largest absolute Gasteiger partial charge is 0.490 e. The van der Waals surface area contributed by atoms with Gasteiger partial charge in [-0.1, -0.05) is 6.92 Å². The van der Waals surface area contributed by atoms with Crippen LogP contribution in [0.15, 0.2) is 12.4 Å². The third kappa shape index (κ3) is 2.96. The summed E-state index contributed by atoms with van der Waals surface area (Å²) < 4.78 is 5.32. The number of hydrogen-bond donors (Lipinski definition) is 1. The highest BCUT2D eigenvalue weighted by atomic mass is 16.5. The molecule has 0 unspecified atom stereocenters. The summed E-state index contributed by atoms with van der Waals surface area (Å²) in [6.45, 7) is 5.99. The van der Waals surface area contributed by atoms with Gasteiger partial charge in [0, 0.05) is 0 Å². The van der Waals surface area contributed by atoms with Crippen molar-refractivity contribution in [1.29, 1.82) is 0 Å². The zero-order valence-electron chi connectivity index (χ0n) is 8.82. The standard InChI is InChI=1S/C10H16N2O2/c1-4-5-14-8-6-11-9(12-7-8)10(2,3)13/h6-7,13H,4-5H2,1-3H3. The molecular formula is C10H16N2O2. The SMILES string of the molecule is CCCOc1cnc(C(C)(C)O)nc1. The van der Waals surface area contributed by atoms with Gasteiger partial charge in [-0.3, -0.25) is 0 Å². The maximum absolute atomic E-state index is 9.59. The molecule has 14 heavy (non-hydrogen) atoms. The molecule has 78 valence electrons. The molecule has 1 N–H and O–H groups in total. The van der Waals surface area contributed by atoms with Crippen LogP contribution in [0.3, 0.4) is 0 Å². The lowest BCUT2D eigenvalue weighted by atomic mass is 10.1. The Morgan fingerprint density at radius 2 is 1.93 bits per heavy atom. The summed E-state index contributed by atoms with van der Waals surface area (Å²) in [5, 5.41) is 9.59. The molecule has 0 radical (unpaired) electrons. The van der Waals surface area contributed by atoms with Crippen molar-refractivity contribution in [2.24, 2.45) is 0 Å². The topological polar surface area (TPSA) is 55.2 Å². The molecule has 0 atom stereocenters. The van der Waals surface area contributed by atoms with Crippen LogP contribution in [0.2, 0.25) is 0 Å². The van der Waals surface area contributed by atoms with Crippen LogP contribution in [0.5, 0.6) is 5.75 Å². The lowest BCUT2D eigenvalue weighted by Crippen LogP contribution is -2.19. The number of aliphatic hydroxyl groups is 1. The van der Waals surface area contributed by atoms with E-state index in [1.165, 1.54) is 0 Å². The minimum atomic E-state index is -0.997. The van der Waals surface area contributed by atoms with Crippen LogP contribution in [0.25, 0.3) is 0 Å². The molecule has 0 aromatic carbocycles. The zero-order chi connectivity index (χ0) is 10.6. The molecule has 0 aliphatic carbocycles. The van der Waals surface area contributed by atoms with Gasteiger partial charge in [0.25, 0.3) is 0 Å². The molecule has 1 heterocycles. The second kappa shape index (κ2) is 4.37. The summed E-state index contributed by atoms with van der Waals surface area (Å²) in [5.74, 6) is 1.04. The van der Waals surface area contributed by atoms with E-state index in [2.05, 4.69) is 9.97 Å². The molecule has 0 saturated heterocycles. The van der Waals surface area contributed by atoms with Gasteiger partial charge in [-0.15, -0.1) is 0 Å². The van der Waals surface area contributed by atoms with Gasteiger partial charge in [-0.25, -0.2) is 9.97 Å². The fourth-order valence-electron chi connectivity index (χ4n) is 0.927. The van der Waals surface area contributed by atoms with E-state index >= 15 is 0 Å². The summed E-state index contributed by atoms with van der Waals surface area (Å²) in [7, 11) is 0. The summed E-state index contributed by atoms with van der Waals surface area (Å²) in [4.78, 5) is 8.03. The first-order valence-electron chi connectivity index (χ1n) is 4.71. The minimum Gasteiger partial charge on any atom is -0.490 e. The van der Waals surface area contributed by atoms with Gasteiger partial charge in [0.05, 0.1) is 19.0 Å². The molecule has 1 aromatic heterocycles. The zero-order valence-corrected chi connectivity index (χ0v) is 8.82. The summed E-state index contributed by atoms with van der Waals surface area (Å²) in [5.41, 5.74) is -0.997. The molecular weight excluding hydrogens is 180 g/mol. The van der Waals surface area contributed by atoms with Gasteiger partial charge in [0.15, 0.2) is 11.6 Å². The Bertz CT molecular complexity index is 277. The molecule has 0 saturated carbocycles. The maximum atomic E-state index is 9.59. The van der Waals surface area contributed by atoms with Gasteiger partial charge in [0.2, 0.25) is 0 Å². The van der Waals surface area contributed by atoms with E-state index in [0.717, 1.165) is 6.42 Å². The van der Waals surface area contributed by atoms with Crippen LogP contribution in [-0.4, -0.2) is 21.7 Å². The second-order valence-corrected chi connectivity index (χ2v) is 3.65. The molecule has 4 nitrogen and oxygen atoms in total. The monoisotopic (exact) mass is 196 g/mol. The van der Waals surface area contributed by atoms with Crippen LogP contribution < -0.4 is 4.74 Å². The van der Waals surface area contributed by atoms with Crippen LogP contribution in [0.4, 0.5) is 0 Å². The van der Waals surface area contributed by atoms with Crippen LogP contribution in [0, 0.1) is 0 Å². The lowest BCUT2D eigenvalue weighted by molar-refractivity contribution is 0.0685. The Kier molecular flexibility index (Phi) is 3.41. The smallest absolute Gasteiger partial charge is 0.159 e. The van der Waals surface area contributed by atoms with Gasteiger partial charge < -0.3 is 9.84 Å². The van der Waals surface area contributed by atoms with E-state index in [4.69, 9.17) is 4.74 Å². The first-order valence-corrected chi connectivity index (χ1v) is 4.71. The molecule has 0 fully saturated rings. The Morgan fingerprint density at radius 1 is 1.36 bits per heavy atom. The number of rotatable bonds is 4. The number of nitrogens with zero attached hydrogens (tertiary/aromatic N) is 2. The van der Waals surface area contributed by atoms with E-state index in [0.29, 0.717) is 18.2 Å². The van der Waals surface area contributed by atoms with E-state index in [1.807, 2.05) is 6.92 Å². The number of ether oxygens (including phenoxy) is 1. The van der Waals surface area contributed by atoms with Gasteiger partial charge in [-0.2, -0.15) is 0 Å². The molecule has 0 aliphatic heterocycles. The van der Waals surface area contributed by atoms with Gasteiger partial charge in [0.1, 0.15) is 5.60 Å². The van der Waals surface area contributed by atoms with Crippen molar-refractivity contribution in [3.8, 4) is 5.75 Å². The van der Waals surface area contributed by atoms with E-state index in [1.54, 1.807) is 26.2 Å². The van der Waals surface area contributed by atoms with Crippen molar-refractivity contribution in [3.63, 3.8) is 0 Å². The quantitative estimate of drug-likeness (QED) is 0.792. The molecule has 1 aromatic rings. The van der Waals surface area contributed by atoms with Crippen molar-refractivity contribution in [3.05, 3.63) is 18.2 Å². The van der Waals surface area contributed by atoms with Crippen molar-refractivity contribution >= 4 is 0 Å². The fourth-order valence-corrected chi connectivity index (χ4v) is 0.927. The highest BCUT2D eigenvalue weighted by molar-refractivity contribution is 5.13. The van der Waals surface area contributed by atoms with E-state index < -0.39 is 5.60 Å². The number of hydrogen-bond acceptors (Lipinski definition) is 4. The molecule has 0 amide bonds. The van der Waals surface area contributed by atoms with Crippen LogP contribution in [0.1, 0.15) is 33.0 Å². The van der Waals surface area contributed by atoms with Crippen LogP contribution in [-0.2, 0) is 5.60 Å². The second-order valence-electron chi connectivity index (χ2n) is 3.65.